The van der Waals surface area contributed by atoms with Gasteiger partial charge in [0.2, 0.25) is 0 Å². The maximum absolute atomic E-state index is 9.56. The number of hydrogen-bond acceptors (Lipinski definition) is 3. The molecule has 2 N–H and O–H groups in total. The van der Waals surface area contributed by atoms with Gasteiger partial charge in [-0.2, -0.15) is 5.26 Å². The van der Waals surface area contributed by atoms with Crippen LogP contribution < -0.4 is 5.73 Å². The highest BCUT2D eigenvalue weighted by Crippen LogP contribution is 2.40. The highest BCUT2D eigenvalue weighted by Gasteiger charge is 2.26. The molecule has 0 fully saturated rings. The minimum absolute atomic E-state index is 0.311. The standard InChI is InChI=1S/C18H18ClN3/c1-2-11-7-8-16-13(9-11)17(14(10-20)18(21)22-16)12-5-3-4-6-15(12)19/h3-6,11H,2,7-9H2,1H3,(H2,21,22)/t11-/m0/s1. The fourth-order valence-corrected chi connectivity index (χ4v) is 3.50. The molecule has 0 unspecified atom stereocenters. The summed E-state index contributed by atoms with van der Waals surface area (Å²) in [6, 6.07) is 9.86. The Morgan fingerprint density at radius 2 is 2.18 bits per heavy atom. The van der Waals surface area contributed by atoms with Gasteiger partial charge in [-0.1, -0.05) is 43.1 Å². The Morgan fingerprint density at radius 1 is 1.41 bits per heavy atom. The van der Waals surface area contributed by atoms with E-state index in [1.165, 1.54) is 0 Å². The van der Waals surface area contributed by atoms with Gasteiger partial charge in [-0.15, -0.1) is 0 Å². The molecule has 0 saturated carbocycles. The van der Waals surface area contributed by atoms with Gasteiger partial charge in [-0.25, -0.2) is 4.98 Å². The zero-order valence-electron chi connectivity index (χ0n) is 12.6. The molecule has 1 heterocycles. The van der Waals surface area contributed by atoms with E-state index >= 15 is 0 Å². The number of nitrogens with zero attached hydrogens (tertiary/aromatic N) is 2. The zero-order chi connectivity index (χ0) is 15.7. The second-order valence-corrected chi connectivity index (χ2v) is 6.19. The fourth-order valence-electron chi connectivity index (χ4n) is 3.27. The molecule has 4 heteroatoms. The Kier molecular flexibility index (Phi) is 4.04. The van der Waals surface area contributed by atoms with Crippen molar-refractivity contribution in [3.05, 3.63) is 46.1 Å². The molecule has 22 heavy (non-hydrogen) atoms. The number of pyridine rings is 1. The summed E-state index contributed by atoms with van der Waals surface area (Å²) >= 11 is 6.38. The van der Waals surface area contributed by atoms with E-state index in [1.807, 2.05) is 24.3 Å². The Balaban J connectivity index is 2.30. The number of nitrogen functional groups attached to an aromatic ring is 1. The Morgan fingerprint density at radius 3 is 2.86 bits per heavy atom. The van der Waals surface area contributed by atoms with E-state index in [1.54, 1.807) is 0 Å². The smallest absolute Gasteiger partial charge is 0.142 e. The van der Waals surface area contributed by atoms with Crippen molar-refractivity contribution in [3.63, 3.8) is 0 Å². The topological polar surface area (TPSA) is 62.7 Å². The van der Waals surface area contributed by atoms with Gasteiger partial charge in [0.15, 0.2) is 0 Å². The van der Waals surface area contributed by atoms with Crippen LogP contribution in [0.25, 0.3) is 11.1 Å². The lowest BCUT2D eigenvalue weighted by Gasteiger charge is -2.26. The molecule has 0 spiro atoms. The van der Waals surface area contributed by atoms with Crippen LogP contribution in [0.2, 0.25) is 5.02 Å². The van der Waals surface area contributed by atoms with Gasteiger partial charge in [0, 0.05) is 21.8 Å². The third kappa shape index (κ3) is 2.44. The Labute approximate surface area is 135 Å². The van der Waals surface area contributed by atoms with E-state index in [-0.39, 0.29) is 0 Å². The monoisotopic (exact) mass is 311 g/mol. The lowest BCUT2D eigenvalue weighted by molar-refractivity contribution is 0.441. The molecular weight excluding hydrogens is 294 g/mol. The van der Waals surface area contributed by atoms with Gasteiger partial charge in [-0.05, 0) is 36.8 Å². The van der Waals surface area contributed by atoms with Gasteiger partial charge in [-0.3, -0.25) is 0 Å². The molecule has 112 valence electrons. The van der Waals surface area contributed by atoms with Crippen molar-refractivity contribution in [3.8, 4) is 17.2 Å². The largest absolute Gasteiger partial charge is 0.383 e. The predicted molar refractivity (Wildman–Crippen MR) is 89.6 cm³/mol. The number of rotatable bonds is 2. The lowest BCUT2D eigenvalue weighted by Crippen LogP contribution is -2.18. The van der Waals surface area contributed by atoms with Crippen molar-refractivity contribution >= 4 is 17.4 Å². The van der Waals surface area contributed by atoms with Gasteiger partial charge in [0.25, 0.3) is 0 Å². The summed E-state index contributed by atoms with van der Waals surface area (Å²) in [6.45, 7) is 2.21. The lowest BCUT2D eigenvalue weighted by atomic mass is 9.80. The first kappa shape index (κ1) is 14.9. The molecule has 1 aromatic carbocycles. The average Bonchev–Trinajstić information content (AvgIpc) is 2.54. The van der Waals surface area contributed by atoms with Crippen molar-refractivity contribution < 1.29 is 0 Å². The number of hydrogen-bond donors (Lipinski definition) is 1. The maximum atomic E-state index is 9.56. The van der Waals surface area contributed by atoms with E-state index in [2.05, 4.69) is 18.0 Å². The summed E-state index contributed by atoms with van der Waals surface area (Å²) in [4.78, 5) is 4.48. The first-order valence-electron chi connectivity index (χ1n) is 7.61. The number of benzene rings is 1. The van der Waals surface area contributed by atoms with Gasteiger partial charge in [0.1, 0.15) is 17.5 Å². The summed E-state index contributed by atoms with van der Waals surface area (Å²) < 4.78 is 0. The molecule has 0 amide bonds. The first-order chi connectivity index (χ1) is 10.7. The molecule has 3 rings (SSSR count). The van der Waals surface area contributed by atoms with Crippen LogP contribution in [0.15, 0.2) is 24.3 Å². The van der Waals surface area contributed by atoms with Crippen LogP contribution in [0.5, 0.6) is 0 Å². The number of aromatic nitrogens is 1. The summed E-state index contributed by atoms with van der Waals surface area (Å²) in [5.74, 6) is 0.942. The molecule has 1 atom stereocenters. The zero-order valence-corrected chi connectivity index (χ0v) is 13.3. The molecule has 1 aliphatic rings. The van der Waals surface area contributed by atoms with Crippen molar-refractivity contribution in [2.24, 2.45) is 5.92 Å². The van der Waals surface area contributed by atoms with Crippen LogP contribution in [0, 0.1) is 17.2 Å². The number of anilines is 1. The van der Waals surface area contributed by atoms with Crippen molar-refractivity contribution in [2.75, 3.05) is 5.73 Å². The predicted octanol–water partition coefficient (Wildman–Crippen LogP) is 4.37. The molecule has 0 radical (unpaired) electrons. The number of aryl methyl sites for hydroxylation is 1. The van der Waals surface area contributed by atoms with E-state index in [9.17, 15) is 5.26 Å². The molecule has 2 aromatic rings. The van der Waals surface area contributed by atoms with E-state index in [0.29, 0.717) is 22.3 Å². The Bertz CT molecular complexity index is 762. The number of fused-ring (bicyclic) bond motifs is 1. The highest BCUT2D eigenvalue weighted by atomic mass is 35.5. The summed E-state index contributed by atoms with van der Waals surface area (Å²) in [5, 5.41) is 10.2. The van der Waals surface area contributed by atoms with Crippen LogP contribution in [0.1, 0.15) is 36.6 Å². The third-order valence-electron chi connectivity index (χ3n) is 4.53. The molecule has 0 bridgehead atoms. The summed E-state index contributed by atoms with van der Waals surface area (Å²) in [7, 11) is 0. The first-order valence-corrected chi connectivity index (χ1v) is 7.99. The molecule has 0 aliphatic heterocycles. The second-order valence-electron chi connectivity index (χ2n) is 5.78. The van der Waals surface area contributed by atoms with Gasteiger partial charge < -0.3 is 5.73 Å². The maximum Gasteiger partial charge on any atom is 0.142 e. The molecular formula is C18H18ClN3. The summed E-state index contributed by atoms with van der Waals surface area (Å²) in [5.41, 5.74) is 10.4. The van der Waals surface area contributed by atoms with Gasteiger partial charge in [0.05, 0.1) is 0 Å². The quantitative estimate of drug-likeness (QED) is 0.895. The highest BCUT2D eigenvalue weighted by molar-refractivity contribution is 6.33. The minimum Gasteiger partial charge on any atom is -0.383 e. The van der Waals surface area contributed by atoms with Crippen molar-refractivity contribution in [2.45, 2.75) is 32.6 Å². The molecule has 3 nitrogen and oxygen atoms in total. The van der Waals surface area contributed by atoms with Crippen molar-refractivity contribution in [1.29, 1.82) is 5.26 Å². The SMILES string of the molecule is CC[C@H]1CCc2nc(N)c(C#N)c(-c3ccccc3Cl)c2C1. The number of nitrogens with two attached hydrogens (primary N) is 1. The third-order valence-corrected chi connectivity index (χ3v) is 4.86. The van der Waals surface area contributed by atoms with Crippen molar-refractivity contribution in [1.82, 2.24) is 4.98 Å². The number of halogens is 1. The Hall–Kier alpha value is -2.05. The fraction of sp³-hybridized carbons (Fsp3) is 0.333. The van der Waals surface area contributed by atoms with Crippen LogP contribution in [-0.2, 0) is 12.8 Å². The van der Waals surface area contributed by atoms with E-state index < -0.39 is 0 Å². The van der Waals surface area contributed by atoms with Gasteiger partial charge >= 0.3 is 0 Å². The normalized spacial score (nSPS) is 16.9. The summed E-state index contributed by atoms with van der Waals surface area (Å²) in [6.07, 6.45) is 4.12. The van der Waals surface area contributed by atoms with Crippen LogP contribution in [-0.4, -0.2) is 4.98 Å². The van der Waals surface area contributed by atoms with Crippen LogP contribution >= 0.6 is 11.6 Å². The average molecular weight is 312 g/mol. The molecule has 1 aromatic heterocycles. The second kappa shape index (κ2) is 5.98. The number of nitriles is 1. The van der Waals surface area contributed by atoms with E-state index in [4.69, 9.17) is 17.3 Å². The minimum atomic E-state index is 0.311. The molecule has 0 saturated heterocycles. The van der Waals surface area contributed by atoms with Crippen LogP contribution in [0.3, 0.4) is 0 Å². The molecule has 1 aliphatic carbocycles. The van der Waals surface area contributed by atoms with Crippen LogP contribution in [0.4, 0.5) is 5.82 Å². The van der Waals surface area contributed by atoms with E-state index in [0.717, 1.165) is 48.1 Å².